The smallest absolute Gasteiger partial charge is 0.335 e. The van der Waals surface area contributed by atoms with Crippen molar-refractivity contribution in [3.05, 3.63) is 29.3 Å². The monoisotopic (exact) mass is 330 g/mol. The van der Waals surface area contributed by atoms with Crippen LogP contribution in [-0.4, -0.2) is 63.2 Å². The van der Waals surface area contributed by atoms with Crippen LogP contribution in [0.5, 0.6) is 5.75 Å². The number of carboxylic acid groups (broad SMARTS) is 1. The number of amides is 1. The third kappa shape index (κ3) is 5.01. The predicted octanol–water partition coefficient (Wildman–Crippen LogP) is 0.0146. The zero-order valence-electron chi connectivity index (χ0n) is 12.5. The van der Waals surface area contributed by atoms with Crippen molar-refractivity contribution in [2.24, 2.45) is 0 Å². The number of carboxylic acids is 1. The van der Waals surface area contributed by atoms with E-state index in [1.165, 1.54) is 32.4 Å². The van der Waals surface area contributed by atoms with Gasteiger partial charge in [-0.15, -0.1) is 0 Å². The lowest BCUT2D eigenvalue weighted by atomic mass is 10.1. The molecule has 0 bridgehead atoms. The Bertz CT molecular complexity index is 671. The maximum Gasteiger partial charge on any atom is 0.335 e. The summed E-state index contributed by atoms with van der Waals surface area (Å²) in [6.07, 6.45) is 1.07. The van der Waals surface area contributed by atoms with Gasteiger partial charge in [-0.3, -0.25) is 4.79 Å². The van der Waals surface area contributed by atoms with Crippen LogP contribution in [0.15, 0.2) is 18.2 Å². The van der Waals surface area contributed by atoms with Crippen LogP contribution in [0.3, 0.4) is 0 Å². The van der Waals surface area contributed by atoms with Gasteiger partial charge in [-0.25, -0.2) is 17.5 Å². The molecule has 1 aromatic carbocycles. The van der Waals surface area contributed by atoms with Gasteiger partial charge in [-0.05, 0) is 18.2 Å². The van der Waals surface area contributed by atoms with E-state index in [1.807, 2.05) is 0 Å². The molecule has 22 heavy (non-hydrogen) atoms. The minimum atomic E-state index is -3.31. The predicted molar refractivity (Wildman–Crippen MR) is 79.8 cm³/mol. The summed E-state index contributed by atoms with van der Waals surface area (Å²) in [5, 5.41) is 11.5. The minimum Gasteiger partial charge on any atom is -0.497 e. The highest BCUT2D eigenvalue weighted by molar-refractivity contribution is 7.88. The summed E-state index contributed by atoms with van der Waals surface area (Å²) >= 11 is 0. The van der Waals surface area contributed by atoms with Gasteiger partial charge in [0.05, 0.1) is 18.9 Å². The molecule has 1 aromatic rings. The second-order valence-corrected chi connectivity index (χ2v) is 6.69. The first-order valence-corrected chi connectivity index (χ1v) is 8.12. The molecule has 0 aliphatic heterocycles. The van der Waals surface area contributed by atoms with E-state index in [0.29, 0.717) is 0 Å². The lowest BCUT2D eigenvalue weighted by Gasteiger charge is -2.14. The minimum absolute atomic E-state index is 0.0715. The molecule has 0 aliphatic rings. The van der Waals surface area contributed by atoms with Crippen LogP contribution >= 0.6 is 0 Å². The second kappa shape index (κ2) is 7.23. The summed E-state index contributed by atoms with van der Waals surface area (Å²) < 4.78 is 28.5. The van der Waals surface area contributed by atoms with Gasteiger partial charge in [-0.2, -0.15) is 0 Å². The number of rotatable bonds is 7. The Morgan fingerprint density at radius 3 is 2.36 bits per heavy atom. The molecule has 0 aromatic heterocycles. The highest BCUT2D eigenvalue weighted by atomic mass is 32.2. The van der Waals surface area contributed by atoms with E-state index in [-0.39, 0.29) is 30.0 Å². The summed E-state index contributed by atoms with van der Waals surface area (Å²) in [4.78, 5) is 23.0. The number of aromatic carboxylic acids is 1. The molecule has 0 heterocycles. The molecule has 0 saturated carbocycles. The van der Waals surface area contributed by atoms with Gasteiger partial charge in [0, 0.05) is 25.7 Å². The molecule has 1 rings (SSSR count). The molecule has 0 atom stereocenters. The van der Waals surface area contributed by atoms with Crippen LogP contribution in [0.25, 0.3) is 0 Å². The van der Waals surface area contributed by atoms with E-state index in [0.717, 1.165) is 10.6 Å². The topological polar surface area (TPSA) is 113 Å². The first kappa shape index (κ1) is 17.9. The van der Waals surface area contributed by atoms with Gasteiger partial charge in [0.1, 0.15) is 5.75 Å². The number of nitrogens with zero attached hydrogens (tertiary/aromatic N) is 1. The fourth-order valence-corrected chi connectivity index (χ4v) is 1.99. The molecular weight excluding hydrogens is 312 g/mol. The van der Waals surface area contributed by atoms with Gasteiger partial charge in [0.15, 0.2) is 0 Å². The number of nitrogens with one attached hydrogen (secondary N) is 1. The van der Waals surface area contributed by atoms with Crippen LogP contribution in [-0.2, 0) is 10.0 Å². The summed E-state index contributed by atoms with van der Waals surface area (Å²) in [6.45, 7) is 0.211. The highest BCUT2D eigenvalue weighted by Gasteiger charge is 2.14. The van der Waals surface area contributed by atoms with Crippen molar-refractivity contribution in [2.75, 3.05) is 33.5 Å². The number of hydrogen-bond donors (Lipinski definition) is 2. The van der Waals surface area contributed by atoms with E-state index in [1.54, 1.807) is 0 Å². The van der Waals surface area contributed by atoms with Crippen LogP contribution in [0, 0.1) is 0 Å². The number of carbonyl (C=O) groups is 2. The van der Waals surface area contributed by atoms with Crippen molar-refractivity contribution in [2.45, 2.75) is 0 Å². The molecule has 0 radical (unpaired) electrons. The first-order valence-electron chi connectivity index (χ1n) is 6.27. The van der Waals surface area contributed by atoms with Crippen molar-refractivity contribution in [1.82, 2.24) is 9.62 Å². The van der Waals surface area contributed by atoms with Gasteiger partial charge in [-0.1, -0.05) is 0 Å². The average molecular weight is 330 g/mol. The normalized spacial score (nSPS) is 11.3. The Morgan fingerprint density at radius 1 is 1.27 bits per heavy atom. The third-order valence-electron chi connectivity index (χ3n) is 2.93. The number of ether oxygens (including phenoxy) is 1. The fourth-order valence-electron chi connectivity index (χ4n) is 1.57. The molecule has 0 spiro atoms. The standard InChI is InChI=1S/C13H18N2O6S/c1-15(22(3,19)20)5-4-14-12(16)9-6-10(13(17)18)8-11(7-9)21-2/h6-8H,4-5H2,1-3H3,(H,14,16)(H,17,18). The molecule has 122 valence electrons. The Balaban J connectivity index is 2.77. The fraction of sp³-hybridized carbons (Fsp3) is 0.385. The summed E-state index contributed by atoms with van der Waals surface area (Å²) in [6, 6.07) is 3.93. The zero-order valence-corrected chi connectivity index (χ0v) is 13.3. The second-order valence-electron chi connectivity index (χ2n) is 4.60. The van der Waals surface area contributed by atoms with E-state index in [9.17, 15) is 18.0 Å². The summed E-state index contributed by atoms with van der Waals surface area (Å²) in [5.74, 6) is -1.44. The molecule has 0 aliphatic carbocycles. The Morgan fingerprint density at radius 2 is 1.86 bits per heavy atom. The molecule has 0 saturated heterocycles. The van der Waals surface area contributed by atoms with Crippen LogP contribution in [0.1, 0.15) is 20.7 Å². The number of hydrogen-bond acceptors (Lipinski definition) is 5. The number of methoxy groups -OCH3 is 1. The van der Waals surface area contributed by atoms with Crippen molar-refractivity contribution in [1.29, 1.82) is 0 Å². The quantitative estimate of drug-likeness (QED) is 0.728. The maximum atomic E-state index is 12.0. The van der Waals surface area contributed by atoms with E-state index in [2.05, 4.69) is 5.32 Å². The summed E-state index contributed by atoms with van der Waals surface area (Å²) in [7, 11) is -0.547. The molecular formula is C13H18N2O6S. The van der Waals surface area contributed by atoms with Crippen molar-refractivity contribution >= 4 is 21.9 Å². The van der Waals surface area contributed by atoms with Crippen molar-refractivity contribution in [3.8, 4) is 5.75 Å². The van der Waals surface area contributed by atoms with Crippen LogP contribution in [0.2, 0.25) is 0 Å². The number of likely N-dealkylation sites (N-methyl/N-ethyl adjacent to an activating group) is 1. The van der Waals surface area contributed by atoms with E-state index in [4.69, 9.17) is 9.84 Å². The number of benzene rings is 1. The van der Waals surface area contributed by atoms with E-state index < -0.39 is 21.9 Å². The number of sulfonamides is 1. The van der Waals surface area contributed by atoms with Gasteiger partial charge in [0.25, 0.3) is 5.91 Å². The zero-order chi connectivity index (χ0) is 16.9. The third-order valence-corrected chi connectivity index (χ3v) is 4.24. The SMILES string of the molecule is COc1cc(C(=O)O)cc(C(=O)NCCN(C)S(C)(=O)=O)c1. The Labute approximate surface area is 128 Å². The lowest BCUT2D eigenvalue weighted by molar-refractivity contribution is 0.0696. The lowest BCUT2D eigenvalue weighted by Crippen LogP contribution is -2.35. The van der Waals surface area contributed by atoms with Crippen molar-refractivity contribution < 1.29 is 27.9 Å². The molecule has 0 fully saturated rings. The molecule has 9 heteroatoms. The molecule has 2 N–H and O–H groups in total. The largest absolute Gasteiger partial charge is 0.497 e. The van der Waals surface area contributed by atoms with E-state index >= 15 is 0 Å². The first-order chi connectivity index (χ1) is 10.1. The van der Waals surface area contributed by atoms with Gasteiger partial charge < -0.3 is 15.2 Å². The maximum absolute atomic E-state index is 12.0. The molecule has 0 unspecified atom stereocenters. The average Bonchev–Trinajstić information content (AvgIpc) is 2.45. The van der Waals surface area contributed by atoms with Gasteiger partial charge >= 0.3 is 5.97 Å². The van der Waals surface area contributed by atoms with Crippen molar-refractivity contribution in [3.63, 3.8) is 0 Å². The molecule has 1 amide bonds. The Hall–Kier alpha value is -2.13. The van der Waals surface area contributed by atoms with Gasteiger partial charge in [0.2, 0.25) is 10.0 Å². The molecule has 8 nitrogen and oxygen atoms in total. The van der Waals surface area contributed by atoms with Crippen LogP contribution in [0.4, 0.5) is 0 Å². The highest BCUT2D eigenvalue weighted by Crippen LogP contribution is 2.17. The number of carbonyl (C=O) groups excluding carboxylic acids is 1. The van der Waals surface area contributed by atoms with Crippen LogP contribution < -0.4 is 10.1 Å². The Kier molecular flexibility index (Phi) is 5.89. The summed E-state index contributed by atoms with van der Waals surface area (Å²) in [5.41, 5.74) is 0.0523.